The van der Waals surface area contributed by atoms with Crippen LogP contribution >= 0.6 is 0 Å². The highest BCUT2D eigenvalue weighted by Gasteiger charge is 2.41. The number of ketones is 2. The summed E-state index contributed by atoms with van der Waals surface area (Å²) in [5, 5.41) is 20.7. The van der Waals surface area contributed by atoms with Gasteiger partial charge in [-0.25, -0.2) is 0 Å². The number of ether oxygens (including phenoxy) is 1. The molecule has 0 bridgehead atoms. The third-order valence-corrected chi connectivity index (χ3v) is 5.90. The zero-order valence-electron chi connectivity index (χ0n) is 15.6. The molecule has 0 aromatic heterocycles. The summed E-state index contributed by atoms with van der Waals surface area (Å²) in [6.07, 6.45) is 0.183. The van der Waals surface area contributed by atoms with Gasteiger partial charge in [0.2, 0.25) is 0 Å². The second-order valence-corrected chi connectivity index (χ2v) is 7.31. The Morgan fingerprint density at radius 3 is 2.46 bits per heavy atom. The maximum atomic E-state index is 13.0. The maximum Gasteiger partial charge on any atom is 0.313 e. The molecule has 2 aromatic rings. The van der Waals surface area contributed by atoms with E-state index < -0.39 is 23.8 Å². The lowest BCUT2D eigenvalue weighted by atomic mass is 9.70. The lowest BCUT2D eigenvalue weighted by Gasteiger charge is -2.35. The number of aromatic hydroxyl groups is 1. The number of esters is 1. The minimum absolute atomic E-state index is 0.0267. The SMILES string of the molecule is CCC1CC(O)c2cc3c(cc2C1C(=O)OC)C(=O)c1cccc(O)c1C3=O. The number of carbonyl (C=O) groups excluding carboxylic acids is 3. The van der Waals surface area contributed by atoms with Crippen LogP contribution in [0.25, 0.3) is 0 Å². The van der Waals surface area contributed by atoms with E-state index in [1.54, 1.807) is 6.07 Å². The molecule has 0 amide bonds. The van der Waals surface area contributed by atoms with Gasteiger partial charge in [-0.1, -0.05) is 25.5 Å². The fraction of sp³-hybridized carbons (Fsp3) is 0.318. The van der Waals surface area contributed by atoms with Gasteiger partial charge in [-0.2, -0.15) is 0 Å². The van der Waals surface area contributed by atoms with Crippen molar-refractivity contribution in [1.29, 1.82) is 0 Å². The van der Waals surface area contributed by atoms with Crippen molar-refractivity contribution < 1.29 is 29.3 Å². The average Bonchev–Trinajstić information content (AvgIpc) is 2.70. The van der Waals surface area contributed by atoms with E-state index in [2.05, 4.69) is 0 Å². The molecule has 6 nitrogen and oxygen atoms in total. The first kappa shape index (κ1) is 18.4. The molecular formula is C22H20O6. The van der Waals surface area contributed by atoms with Crippen LogP contribution < -0.4 is 0 Å². The predicted octanol–water partition coefficient (Wildman–Crippen LogP) is 2.89. The van der Waals surface area contributed by atoms with Gasteiger partial charge >= 0.3 is 5.97 Å². The molecule has 144 valence electrons. The van der Waals surface area contributed by atoms with E-state index in [0.29, 0.717) is 24.0 Å². The first-order chi connectivity index (χ1) is 13.4. The number of hydrogen-bond donors (Lipinski definition) is 2. The van der Waals surface area contributed by atoms with Gasteiger partial charge in [-0.05, 0) is 41.7 Å². The molecule has 0 radical (unpaired) electrons. The molecule has 0 saturated carbocycles. The topological polar surface area (TPSA) is 101 Å². The van der Waals surface area contributed by atoms with Gasteiger partial charge in [0.1, 0.15) is 5.75 Å². The number of phenols is 1. The van der Waals surface area contributed by atoms with E-state index in [1.807, 2.05) is 6.92 Å². The zero-order valence-corrected chi connectivity index (χ0v) is 15.6. The van der Waals surface area contributed by atoms with Gasteiger partial charge < -0.3 is 14.9 Å². The van der Waals surface area contributed by atoms with Crippen LogP contribution in [0.3, 0.4) is 0 Å². The Hall–Kier alpha value is -2.99. The second kappa shape index (κ2) is 6.56. The molecule has 2 N–H and O–H groups in total. The van der Waals surface area contributed by atoms with Gasteiger partial charge in [-0.3, -0.25) is 14.4 Å². The number of aliphatic hydroxyl groups excluding tert-OH is 1. The number of methoxy groups -OCH3 is 1. The molecule has 2 aromatic carbocycles. The highest BCUT2D eigenvalue weighted by atomic mass is 16.5. The molecule has 6 heteroatoms. The highest BCUT2D eigenvalue weighted by molar-refractivity contribution is 6.29. The summed E-state index contributed by atoms with van der Waals surface area (Å²) >= 11 is 0. The number of aliphatic hydroxyl groups is 1. The van der Waals surface area contributed by atoms with Crippen molar-refractivity contribution in [3.05, 3.63) is 63.7 Å². The number of carbonyl (C=O) groups is 3. The second-order valence-electron chi connectivity index (χ2n) is 7.31. The van der Waals surface area contributed by atoms with Crippen molar-refractivity contribution in [1.82, 2.24) is 0 Å². The van der Waals surface area contributed by atoms with E-state index in [1.165, 1.54) is 31.4 Å². The van der Waals surface area contributed by atoms with Crippen molar-refractivity contribution >= 4 is 17.5 Å². The minimum atomic E-state index is -0.847. The quantitative estimate of drug-likeness (QED) is 0.663. The summed E-state index contributed by atoms with van der Waals surface area (Å²) in [6.45, 7) is 1.93. The molecule has 0 aliphatic heterocycles. The summed E-state index contributed by atoms with van der Waals surface area (Å²) in [6, 6.07) is 7.41. The normalized spacial score (nSPS) is 22.9. The number of phenolic OH excluding ortho intramolecular Hbond substituents is 1. The van der Waals surface area contributed by atoms with Crippen LogP contribution in [0.15, 0.2) is 30.3 Å². The predicted molar refractivity (Wildman–Crippen MR) is 99.5 cm³/mol. The summed E-state index contributed by atoms with van der Waals surface area (Å²) in [5.41, 5.74) is 1.41. The van der Waals surface area contributed by atoms with Crippen LogP contribution in [0.5, 0.6) is 5.75 Å². The molecule has 3 atom stereocenters. The van der Waals surface area contributed by atoms with Gasteiger partial charge in [0.05, 0.1) is 24.7 Å². The Labute approximate surface area is 161 Å². The molecule has 4 rings (SSSR count). The monoisotopic (exact) mass is 380 g/mol. The summed E-state index contributed by atoms with van der Waals surface area (Å²) in [5.74, 6) is -2.26. The first-order valence-corrected chi connectivity index (χ1v) is 9.24. The van der Waals surface area contributed by atoms with Crippen LogP contribution in [0.4, 0.5) is 0 Å². The van der Waals surface area contributed by atoms with E-state index in [0.717, 1.165) is 0 Å². The zero-order chi connectivity index (χ0) is 20.2. The number of hydrogen-bond acceptors (Lipinski definition) is 6. The van der Waals surface area contributed by atoms with Crippen LogP contribution in [0.2, 0.25) is 0 Å². The van der Waals surface area contributed by atoms with E-state index in [-0.39, 0.29) is 39.7 Å². The Morgan fingerprint density at radius 2 is 1.79 bits per heavy atom. The minimum Gasteiger partial charge on any atom is -0.507 e. The molecular weight excluding hydrogens is 360 g/mol. The number of benzene rings is 2. The Bertz CT molecular complexity index is 1020. The highest BCUT2D eigenvalue weighted by Crippen LogP contribution is 2.46. The van der Waals surface area contributed by atoms with Crippen LogP contribution in [-0.2, 0) is 9.53 Å². The lowest BCUT2D eigenvalue weighted by Crippen LogP contribution is -2.31. The molecule has 2 aliphatic carbocycles. The maximum absolute atomic E-state index is 13.0. The standard InChI is InChI=1S/C22H20O6/c1-3-10-7-17(24)12-8-15-14(9-13(12)18(10)22(27)28-2)20(25)11-5-4-6-16(23)19(11)21(15)26/h4-6,8-10,17-18,23-24H,3,7H2,1-2H3. The first-order valence-electron chi connectivity index (χ1n) is 9.24. The third-order valence-electron chi connectivity index (χ3n) is 5.90. The molecule has 0 fully saturated rings. The molecule has 0 spiro atoms. The summed E-state index contributed by atoms with van der Waals surface area (Å²) in [7, 11) is 1.31. The van der Waals surface area contributed by atoms with Crippen molar-refractivity contribution in [3.63, 3.8) is 0 Å². The Morgan fingerprint density at radius 1 is 1.11 bits per heavy atom. The van der Waals surface area contributed by atoms with E-state index >= 15 is 0 Å². The van der Waals surface area contributed by atoms with Gasteiger partial charge in [0.15, 0.2) is 11.6 Å². The molecule has 0 heterocycles. The van der Waals surface area contributed by atoms with E-state index in [4.69, 9.17) is 4.74 Å². The fourth-order valence-corrected chi connectivity index (χ4v) is 4.47. The summed E-state index contributed by atoms with van der Waals surface area (Å²) < 4.78 is 4.97. The van der Waals surface area contributed by atoms with Crippen molar-refractivity contribution in [2.75, 3.05) is 7.11 Å². The van der Waals surface area contributed by atoms with Gasteiger partial charge in [0.25, 0.3) is 0 Å². The van der Waals surface area contributed by atoms with Crippen molar-refractivity contribution in [2.45, 2.75) is 31.8 Å². The van der Waals surface area contributed by atoms with E-state index in [9.17, 15) is 24.6 Å². The van der Waals surface area contributed by atoms with Crippen LogP contribution in [0, 0.1) is 5.92 Å². The number of fused-ring (bicyclic) bond motifs is 3. The third kappa shape index (κ3) is 2.48. The Kier molecular flexibility index (Phi) is 4.31. The molecule has 28 heavy (non-hydrogen) atoms. The van der Waals surface area contributed by atoms with Crippen LogP contribution in [0.1, 0.15) is 74.8 Å². The largest absolute Gasteiger partial charge is 0.507 e. The molecule has 2 aliphatic rings. The smallest absolute Gasteiger partial charge is 0.313 e. The van der Waals surface area contributed by atoms with Crippen molar-refractivity contribution in [2.24, 2.45) is 5.92 Å². The number of rotatable bonds is 2. The van der Waals surface area contributed by atoms with Gasteiger partial charge in [0, 0.05) is 16.7 Å². The lowest BCUT2D eigenvalue weighted by molar-refractivity contribution is -0.144. The van der Waals surface area contributed by atoms with Crippen LogP contribution in [-0.4, -0.2) is 34.9 Å². The average molecular weight is 380 g/mol. The molecule has 0 saturated heterocycles. The summed E-state index contributed by atoms with van der Waals surface area (Å²) in [4.78, 5) is 38.5. The van der Waals surface area contributed by atoms with Crippen molar-refractivity contribution in [3.8, 4) is 5.75 Å². The Balaban J connectivity index is 1.95. The fourth-order valence-electron chi connectivity index (χ4n) is 4.47. The molecule has 3 unspecified atom stereocenters. The van der Waals surface area contributed by atoms with Gasteiger partial charge in [-0.15, -0.1) is 0 Å².